The summed E-state index contributed by atoms with van der Waals surface area (Å²) in [5.74, 6) is 0. The van der Waals surface area contributed by atoms with Crippen LogP contribution in [-0.4, -0.2) is 11.7 Å². The van der Waals surface area contributed by atoms with Crippen LogP contribution in [-0.2, 0) is 12.0 Å². The molecular weight excluding hydrogens is 186 g/mol. The SMILES string of the molecule is NCc1ccc(C2(CO)CCCC2)cc1. The molecule has 0 aliphatic heterocycles. The van der Waals surface area contributed by atoms with Crippen LogP contribution in [0.1, 0.15) is 36.8 Å². The molecule has 1 aliphatic rings. The molecule has 0 saturated heterocycles. The Balaban J connectivity index is 2.26. The minimum atomic E-state index is 0.0348. The second kappa shape index (κ2) is 4.33. The average molecular weight is 205 g/mol. The van der Waals surface area contributed by atoms with E-state index in [9.17, 15) is 5.11 Å². The van der Waals surface area contributed by atoms with Gasteiger partial charge in [-0.1, -0.05) is 37.1 Å². The maximum Gasteiger partial charge on any atom is 0.0527 e. The first kappa shape index (κ1) is 10.7. The molecule has 0 amide bonds. The van der Waals surface area contributed by atoms with E-state index in [1.165, 1.54) is 18.4 Å². The lowest BCUT2D eigenvalue weighted by Crippen LogP contribution is -2.26. The highest BCUT2D eigenvalue weighted by Crippen LogP contribution is 2.40. The van der Waals surface area contributed by atoms with Crippen LogP contribution in [0, 0.1) is 0 Å². The Labute approximate surface area is 91.1 Å². The zero-order valence-corrected chi connectivity index (χ0v) is 9.08. The Hall–Kier alpha value is -0.860. The minimum Gasteiger partial charge on any atom is -0.395 e. The van der Waals surface area contributed by atoms with Gasteiger partial charge >= 0.3 is 0 Å². The molecule has 15 heavy (non-hydrogen) atoms. The van der Waals surface area contributed by atoms with Crippen molar-refractivity contribution in [1.29, 1.82) is 0 Å². The summed E-state index contributed by atoms with van der Waals surface area (Å²) in [4.78, 5) is 0. The van der Waals surface area contributed by atoms with Gasteiger partial charge in [-0.3, -0.25) is 0 Å². The van der Waals surface area contributed by atoms with Crippen molar-refractivity contribution in [2.45, 2.75) is 37.6 Å². The minimum absolute atomic E-state index is 0.0348. The lowest BCUT2D eigenvalue weighted by Gasteiger charge is -2.27. The standard InChI is InChI=1S/C13H19NO/c14-9-11-3-5-12(6-4-11)13(10-15)7-1-2-8-13/h3-6,15H,1-2,7-10,14H2. The fourth-order valence-electron chi connectivity index (χ4n) is 2.58. The van der Waals surface area contributed by atoms with E-state index in [-0.39, 0.29) is 12.0 Å². The molecule has 2 rings (SSSR count). The molecule has 1 aromatic rings. The maximum atomic E-state index is 9.57. The Bertz CT molecular complexity index is 312. The molecule has 82 valence electrons. The normalized spacial score (nSPS) is 19.3. The second-order valence-corrected chi connectivity index (χ2v) is 4.55. The summed E-state index contributed by atoms with van der Waals surface area (Å²) < 4.78 is 0. The van der Waals surface area contributed by atoms with Gasteiger partial charge in [0.25, 0.3) is 0 Å². The summed E-state index contributed by atoms with van der Waals surface area (Å²) in [6, 6.07) is 8.41. The van der Waals surface area contributed by atoms with Crippen molar-refractivity contribution in [2.24, 2.45) is 5.73 Å². The summed E-state index contributed by atoms with van der Waals surface area (Å²) in [6.07, 6.45) is 4.70. The first-order valence-electron chi connectivity index (χ1n) is 5.71. The number of hydrogen-bond donors (Lipinski definition) is 2. The van der Waals surface area contributed by atoms with Gasteiger partial charge in [0, 0.05) is 12.0 Å². The lowest BCUT2D eigenvalue weighted by atomic mass is 9.79. The Morgan fingerprint density at radius 1 is 1.13 bits per heavy atom. The highest BCUT2D eigenvalue weighted by Gasteiger charge is 2.34. The summed E-state index contributed by atoms with van der Waals surface area (Å²) >= 11 is 0. The van der Waals surface area contributed by atoms with Crippen LogP contribution in [0.4, 0.5) is 0 Å². The summed E-state index contributed by atoms with van der Waals surface area (Å²) in [6.45, 7) is 0.862. The highest BCUT2D eigenvalue weighted by molar-refractivity contribution is 5.30. The van der Waals surface area contributed by atoms with Crippen LogP contribution in [0.5, 0.6) is 0 Å². The van der Waals surface area contributed by atoms with Crippen molar-refractivity contribution >= 4 is 0 Å². The van der Waals surface area contributed by atoms with E-state index >= 15 is 0 Å². The van der Waals surface area contributed by atoms with Gasteiger partial charge in [-0.2, -0.15) is 0 Å². The van der Waals surface area contributed by atoms with Crippen molar-refractivity contribution < 1.29 is 5.11 Å². The van der Waals surface area contributed by atoms with Crippen LogP contribution in [0.25, 0.3) is 0 Å². The average Bonchev–Trinajstić information content (AvgIpc) is 2.79. The van der Waals surface area contributed by atoms with E-state index in [1.54, 1.807) is 0 Å². The quantitative estimate of drug-likeness (QED) is 0.792. The molecule has 0 unspecified atom stereocenters. The largest absolute Gasteiger partial charge is 0.395 e. The third kappa shape index (κ3) is 1.92. The van der Waals surface area contributed by atoms with E-state index < -0.39 is 0 Å². The van der Waals surface area contributed by atoms with Gasteiger partial charge in [0.05, 0.1) is 6.61 Å². The molecule has 0 bridgehead atoms. The summed E-state index contributed by atoms with van der Waals surface area (Å²) in [5.41, 5.74) is 8.04. The number of nitrogens with two attached hydrogens (primary N) is 1. The molecule has 1 saturated carbocycles. The van der Waals surface area contributed by atoms with Crippen molar-refractivity contribution in [3.05, 3.63) is 35.4 Å². The molecule has 0 radical (unpaired) electrons. The highest BCUT2D eigenvalue weighted by atomic mass is 16.3. The zero-order valence-electron chi connectivity index (χ0n) is 9.08. The second-order valence-electron chi connectivity index (χ2n) is 4.55. The fraction of sp³-hybridized carbons (Fsp3) is 0.538. The van der Waals surface area contributed by atoms with Crippen molar-refractivity contribution in [3.63, 3.8) is 0 Å². The predicted molar refractivity (Wildman–Crippen MR) is 61.6 cm³/mol. The smallest absolute Gasteiger partial charge is 0.0527 e. The topological polar surface area (TPSA) is 46.2 Å². The fourth-order valence-corrected chi connectivity index (χ4v) is 2.58. The van der Waals surface area contributed by atoms with E-state index in [2.05, 4.69) is 24.3 Å². The van der Waals surface area contributed by atoms with Gasteiger partial charge in [0.2, 0.25) is 0 Å². The van der Waals surface area contributed by atoms with Gasteiger partial charge in [0.1, 0.15) is 0 Å². The van der Waals surface area contributed by atoms with Crippen LogP contribution in [0.2, 0.25) is 0 Å². The van der Waals surface area contributed by atoms with Crippen LogP contribution in [0.15, 0.2) is 24.3 Å². The Morgan fingerprint density at radius 3 is 2.20 bits per heavy atom. The summed E-state index contributed by atoms with van der Waals surface area (Å²) in [5, 5.41) is 9.57. The molecule has 0 atom stereocenters. The van der Waals surface area contributed by atoms with Gasteiger partial charge < -0.3 is 10.8 Å². The van der Waals surface area contributed by atoms with E-state index in [0.717, 1.165) is 18.4 Å². The molecule has 1 aliphatic carbocycles. The summed E-state index contributed by atoms with van der Waals surface area (Å²) in [7, 11) is 0. The van der Waals surface area contributed by atoms with Crippen molar-refractivity contribution in [3.8, 4) is 0 Å². The molecule has 0 spiro atoms. The Morgan fingerprint density at radius 2 is 1.73 bits per heavy atom. The van der Waals surface area contributed by atoms with E-state index in [0.29, 0.717) is 6.54 Å². The lowest BCUT2D eigenvalue weighted by molar-refractivity contribution is 0.196. The third-order valence-corrected chi connectivity index (χ3v) is 3.67. The van der Waals surface area contributed by atoms with Crippen molar-refractivity contribution in [2.75, 3.05) is 6.61 Å². The number of hydrogen-bond acceptors (Lipinski definition) is 2. The molecule has 1 aromatic carbocycles. The molecule has 3 N–H and O–H groups in total. The number of benzene rings is 1. The van der Waals surface area contributed by atoms with Gasteiger partial charge in [-0.25, -0.2) is 0 Å². The number of aliphatic hydroxyl groups excluding tert-OH is 1. The Kier molecular flexibility index (Phi) is 3.08. The number of rotatable bonds is 3. The van der Waals surface area contributed by atoms with Crippen molar-refractivity contribution in [1.82, 2.24) is 0 Å². The van der Waals surface area contributed by atoms with Crippen LogP contribution < -0.4 is 5.73 Å². The third-order valence-electron chi connectivity index (χ3n) is 3.67. The van der Waals surface area contributed by atoms with Crippen LogP contribution >= 0.6 is 0 Å². The zero-order chi connectivity index (χ0) is 10.7. The molecular formula is C13H19NO. The van der Waals surface area contributed by atoms with Gasteiger partial charge in [-0.05, 0) is 24.0 Å². The van der Waals surface area contributed by atoms with Crippen LogP contribution in [0.3, 0.4) is 0 Å². The van der Waals surface area contributed by atoms with E-state index in [1.807, 2.05) is 0 Å². The first-order valence-corrected chi connectivity index (χ1v) is 5.71. The van der Waals surface area contributed by atoms with Gasteiger partial charge in [-0.15, -0.1) is 0 Å². The molecule has 0 aromatic heterocycles. The maximum absolute atomic E-state index is 9.57. The molecule has 2 nitrogen and oxygen atoms in total. The molecule has 0 heterocycles. The molecule has 2 heteroatoms. The monoisotopic (exact) mass is 205 g/mol. The first-order chi connectivity index (χ1) is 7.30. The molecule has 1 fully saturated rings. The predicted octanol–water partition coefficient (Wildman–Crippen LogP) is 1.95. The van der Waals surface area contributed by atoms with Gasteiger partial charge in [0.15, 0.2) is 0 Å². The van der Waals surface area contributed by atoms with E-state index in [4.69, 9.17) is 5.73 Å². The number of aliphatic hydroxyl groups is 1.